The van der Waals surface area contributed by atoms with E-state index in [9.17, 15) is 4.79 Å². The van der Waals surface area contributed by atoms with E-state index in [0.717, 1.165) is 12.0 Å². The van der Waals surface area contributed by atoms with Crippen LogP contribution in [0.15, 0.2) is 40.8 Å². The fraction of sp³-hybridized carbons (Fsp3) is 0.267. The summed E-state index contributed by atoms with van der Waals surface area (Å²) in [6, 6.07) is 10.9. The minimum atomic E-state index is -0.230. The second kappa shape index (κ2) is 6.59. The van der Waals surface area contributed by atoms with Crippen LogP contribution in [0.2, 0.25) is 5.02 Å². The molecular weight excluding hydrogens is 276 g/mol. The molecular formula is C15H17ClN2O2. The normalized spacial score (nSPS) is 12.2. The van der Waals surface area contributed by atoms with E-state index in [2.05, 4.69) is 5.32 Å². The average Bonchev–Trinajstić information content (AvgIpc) is 2.90. The maximum Gasteiger partial charge on any atom is 0.287 e. The van der Waals surface area contributed by atoms with Crippen LogP contribution in [0.25, 0.3) is 0 Å². The van der Waals surface area contributed by atoms with E-state index in [4.69, 9.17) is 21.8 Å². The van der Waals surface area contributed by atoms with Gasteiger partial charge in [-0.25, -0.2) is 0 Å². The van der Waals surface area contributed by atoms with E-state index in [-0.39, 0.29) is 24.3 Å². The van der Waals surface area contributed by atoms with Crippen molar-refractivity contribution < 1.29 is 9.21 Å². The lowest BCUT2D eigenvalue weighted by Gasteiger charge is -2.13. The molecule has 20 heavy (non-hydrogen) atoms. The van der Waals surface area contributed by atoms with Gasteiger partial charge in [0, 0.05) is 11.1 Å². The number of benzene rings is 1. The Morgan fingerprint density at radius 1 is 1.30 bits per heavy atom. The lowest BCUT2D eigenvalue weighted by Crippen LogP contribution is -2.33. The SMILES string of the molecule is CC(Cc1ccc(Cl)cc1)NC(=O)c1ccc(CN)o1. The van der Waals surface area contributed by atoms with Crippen molar-refractivity contribution in [2.75, 3.05) is 0 Å². The maximum atomic E-state index is 12.0. The van der Waals surface area contributed by atoms with Crippen molar-refractivity contribution in [3.05, 3.63) is 58.5 Å². The van der Waals surface area contributed by atoms with Crippen LogP contribution in [0, 0.1) is 0 Å². The third kappa shape index (κ3) is 3.85. The van der Waals surface area contributed by atoms with E-state index in [1.807, 2.05) is 31.2 Å². The minimum absolute atomic E-state index is 0.00454. The molecule has 4 nitrogen and oxygen atoms in total. The lowest BCUT2D eigenvalue weighted by atomic mass is 10.1. The fourth-order valence-electron chi connectivity index (χ4n) is 1.93. The molecule has 0 aliphatic rings. The van der Waals surface area contributed by atoms with Crippen LogP contribution in [0.5, 0.6) is 0 Å². The Kier molecular flexibility index (Phi) is 4.82. The van der Waals surface area contributed by atoms with Crippen molar-refractivity contribution in [3.63, 3.8) is 0 Å². The molecule has 3 N–H and O–H groups in total. The summed E-state index contributed by atoms with van der Waals surface area (Å²) >= 11 is 5.84. The van der Waals surface area contributed by atoms with Crippen LogP contribution in [0.3, 0.4) is 0 Å². The van der Waals surface area contributed by atoms with Crippen molar-refractivity contribution >= 4 is 17.5 Å². The standard InChI is InChI=1S/C15H17ClN2O2/c1-10(8-11-2-4-12(16)5-3-11)18-15(19)14-7-6-13(9-17)20-14/h2-7,10H,8-9,17H2,1H3,(H,18,19). The summed E-state index contributed by atoms with van der Waals surface area (Å²) in [6.07, 6.45) is 0.730. The Morgan fingerprint density at radius 2 is 2.00 bits per heavy atom. The molecule has 0 radical (unpaired) electrons. The van der Waals surface area contributed by atoms with Gasteiger partial charge in [0.05, 0.1) is 6.54 Å². The van der Waals surface area contributed by atoms with Gasteiger partial charge in [0.25, 0.3) is 5.91 Å². The van der Waals surface area contributed by atoms with Crippen LogP contribution >= 0.6 is 11.6 Å². The van der Waals surface area contributed by atoms with Crippen LogP contribution in [-0.2, 0) is 13.0 Å². The summed E-state index contributed by atoms with van der Waals surface area (Å²) in [5, 5.41) is 3.59. The predicted octanol–water partition coefficient (Wildman–Crippen LogP) is 2.75. The zero-order valence-electron chi connectivity index (χ0n) is 11.2. The quantitative estimate of drug-likeness (QED) is 0.890. The van der Waals surface area contributed by atoms with E-state index in [0.29, 0.717) is 10.8 Å². The van der Waals surface area contributed by atoms with Crippen LogP contribution in [0.1, 0.15) is 28.8 Å². The molecule has 2 rings (SSSR count). The monoisotopic (exact) mass is 292 g/mol. The number of carbonyl (C=O) groups excluding carboxylic acids is 1. The van der Waals surface area contributed by atoms with Gasteiger partial charge in [-0.1, -0.05) is 23.7 Å². The zero-order chi connectivity index (χ0) is 14.5. The second-order valence-corrected chi connectivity index (χ2v) is 5.11. The summed E-state index contributed by atoms with van der Waals surface area (Å²) in [7, 11) is 0. The molecule has 0 aliphatic carbocycles. The van der Waals surface area contributed by atoms with Crippen molar-refractivity contribution in [1.29, 1.82) is 0 Å². The number of amides is 1. The summed E-state index contributed by atoms with van der Waals surface area (Å²) in [5.41, 5.74) is 6.56. The van der Waals surface area contributed by atoms with E-state index < -0.39 is 0 Å². The fourth-order valence-corrected chi connectivity index (χ4v) is 2.06. The third-order valence-corrected chi connectivity index (χ3v) is 3.17. The maximum absolute atomic E-state index is 12.0. The number of hydrogen-bond acceptors (Lipinski definition) is 3. The molecule has 1 heterocycles. The number of nitrogens with one attached hydrogen (secondary N) is 1. The Balaban J connectivity index is 1.92. The minimum Gasteiger partial charge on any atom is -0.455 e. The van der Waals surface area contributed by atoms with Gasteiger partial charge in [-0.3, -0.25) is 4.79 Å². The predicted molar refractivity (Wildman–Crippen MR) is 78.7 cm³/mol. The van der Waals surface area contributed by atoms with Crippen molar-refractivity contribution in [2.24, 2.45) is 5.73 Å². The zero-order valence-corrected chi connectivity index (χ0v) is 12.0. The second-order valence-electron chi connectivity index (χ2n) is 4.68. The number of rotatable bonds is 5. The first-order valence-corrected chi connectivity index (χ1v) is 6.80. The highest BCUT2D eigenvalue weighted by Crippen LogP contribution is 2.12. The van der Waals surface area contributed by atoms with E-state index in [1.54, 1.807) is 12.1 Å². The highest BCUT2D eigenvalue weighted by molar-refractivity contribution is 6.30. The molecule has 1 unspecified atom stereocenters. The molecule has 1 aromatic heterocycles. The molecule has 0 saturated heterocycles. The van der Waals surface area contributed by atoms with Crippen LogP contribution in [-0.4, -0.2) is 11.9 Å². The van der Waals surface area contributed by atoms with Crippen molar-refractivity contribution in [2.45, 2.75) is 25.9 Å². The van der Waals surface area contributed by atoms with E-state index in [1.165, 1.54) is 0 Å². The van der Waals surface area contributed by atoms with Gasteiger partial charge in [-0.15, -0.1) is 0 Å². The molecule has 0 spiro atoms. The summed E-state index contributed by atoms with van der Waals surface area (Å²) in [5.74, 6) is 0.653. The number of nitrogens with two attached hydrogens (primary N) is 1. The first-order valence-electron chi connectivity index (χ1n) is 6.42. The number of hydrogen-bond donors (Lipinski definition) is 2. The largest absolute Gasteiger partial charge is 0.455 e. The van der Waals surface area contributed by atoms with Crippen LogP contribution < -0.4 is 11.1 Å². The first kappa shape index (κ1) is 14.6. The summed E-state index contributed by atoms with van der Waals surface area (Å²) < 4.78 is 5.31. The number of furan rings is 1. The summed E-state index contributed by atoms with van der Waals surface area (Å²) in [6.45, 7) is 2.23. The summed E-state index contributed by atoms with van der Waals surface area (Å²) in [4.78, 5) is 12.0. The highest BCUT2D eigenvalue weighted by atomic mass is 35.5. The molecule has 0 bridgehead atoms. The molecule has 5 heteroatoms. The molecule has 1 aromatic carbocycles. The van der Waals surface area contributed by atoms with Crippen LogP contribution in [0.4, 0.5) is 0 Å². The van der Waals surface area contributed by atoms with Crippen molar-refractivity contribution in [3.8, 4) is 0 Å². The van der Waals surface area contributed by atoms with Gasteiger partial charge in [-0.05, 0) is 43.2 Å². The molecule has 0 fully saturated rings. The van der Waals surface area contributed by atoms with Gasteiger partial charge in [0.15, 0.2) is 5.76 Å². The Labute approximate surface area is 122 Å². The first-order chi connectivity index (χ1) is 9.58. The van der Waals surface area contributed by atoms with Gasteiger partial charge >= 0.3 is 0 Å². The topological polar surface area (TPSA) is 68.3 Å². The smallest absolute Gasteiger partial charge is 0.287 e. The average molecular weight is 293 g/mol. The molecule has 0 aliphatic heterocycles. The van der Waals surface area contributed by atoms with E-state index >= 15 is 0 Å². The Hall–Kier alpha value is -1.78. The van der Waals surface area contributed by atoms with Gasteiger partial charge < -0.3 is 15.5 Å². The van der Waals surface area contributed by atoms with Crippen molar-refractivity contribution in [1.82, 2.24) is 5.32 Å². The number of carbonyl (C=O) groups is 1. The molecule has 1 amide bonds. The number of halogens is 1. The lowest BCUT2D eigenvalue weighted by molar-refractivity contribution is 0.0910. The Bertz CT molecular complexity index is 578. The van der Waals surface area contributed by atoms with Gasteiger partial charge in [-0.2, -0.15) is 0 Å². The van der Waals surface area contributed by atoms with Gasteiger partial charge in [0.2, 0.25) is 0 Å². The molecule has 0 saturated carbocycles. The molecule has 2 aromatic rings. The molecule has 106 valence electrons. The Morgan fingerprint density at radius 3 is 2.60 bits per heavy atom. The van der Waals surface area contributed by atoms with Gasteiger partial charge in [0.1, 0.15) is 5.76 Å². The highest BCUT2D eigenvalue weighted by Gasteiger charge is 2.13. The third-order valence-electron chi connectivity index (χ3n) is 2.92. The molecule has 1 atom stereocenters.